The van der Waals surface area contributed by atoms with Crippen LogP contribution in [-0.2, 0) is 0 Å². The Balaban J connectivity index is 2.39. The van der Waals surface area contributed by atoms with Gasteiger partial charge in [-0.25, -0.2) is 4.79 Å². The second kappa shape index (κ2) is 6.33. The first-order chi connectivity index (χ1) is 10.5. The average Bonchev–Trinajstić information content (AvgIpc) is 2.53. The van der Waals surface area contributed by atoms with E-state index in [-0.39, 0.29) is 16.8 Å². The summed E-state index contributed by atoms with van der Waals surface area (Å²) in [6.07, 6.45) is 1.55. The van der Waals surface area contributed by atoms with Crippen LogP contribution in [0, 0.1) is 21.4 Å². The Kier molecular flexibility index (Phi) is 4.30. The molecule has 22 heavy (non-hydrogen) atoms. The van der Waals surface area contributed by atoms with Crippen LogP contribution < -0.4 is 0 Å². The number of aromatic carboxylic acids is 1. The topological polar surface area (TPSA) is 104 Å². The molecular formula is C16H10N2O4. The Morgan fingerprint density at radius 1 is 1.18 bits per heavy atom. The van der Waals surface area contributed by atoms with Gasteiger partial charge in [-0.05, 0) is 29.3 Å². The van der Waals surface area contributed by atoms with Crippen LogP contribution in [0.4, 0.5) is 5.69 Å². The number of hydrogen-bond donors (Lipinski definition) is 1. The maximum Gasteiger partial charge on any atom is 0.335 e. The van der Waals surface area contributed by atoms with Gasteiger partial charge >= 0.3 is 5.97 Å². The molecule has 2 aromatic rings. The van der Waals surface area contributed by atoms with E-state index in [9.17, 15) is 20.2 Å². The third-order valence-corrected chi connectivity index (χ3v) is 2.96. The average molecular weight is 294 g/mol. The lowest BCUT2D eigenvalue weighted by atomic mass is 10.0. The zero-order valence-corrected chi connectivity index (χ0v) is 11.3. The summed E-state index contributed by atoms with van der Waals surface area (Å²) in [5, 5.41) is 28.8. The molecule has 0 heterocycles. The molecule has 0 saturated heterocycles. The van der Waals surface area contributed by atoms with Gasteiger partial charge in [0.15, 0.2) is 0 Å². The van der Waals surface area contributed by atoms with Crippen LogP contribution in [-0.4, -0.2) is 16.0 Å². The number of nitro groups is 1. The zero-order chi connectivity index (χ0) is 16.1. The molecule has 0 unspecified atom stereocenters. The number of carboxylic acid groups (broad SMARTS) is 1. The van der Waals surface area contributed by atoms with Gasteiger partial charge in [-0.3, -0.25) is 10.1 Å². The molecule has 0 fully saturated rings. The lowest BCUT2D eigenvalue weighted by molar-refractivity contribution is -0.384. The number of nitriles is 1. The molecule has 0 bridgehead atoms. The number of hydrogen-bond acceptors (Lipinski definition) is 4. The lowest BCUT2D eigenvalue weighted by Gasteiger charge is -2.01. The van der Waals surface area contributed by atoms with E-state index in [0.717, 1.165) is 0 Å². The molecule has 1 N–H and O–H groups in total. The van der Waals surface area contributed by atoms with Crippen LogP contribution in [0.2, 0.25) is 0 Å². The monoisotopic (exact) mass is 294 g/mol. The summed E-state index contributed by atoms with van der Waals surface area (Å²) in [5.74, 6) is -1.03. The van der Waals surface area contributed by atoms with E-state index in [1.165, 1.54) is 30.3 Å². The summed E-state index contributed by atoms with van der Waals surface area (Å²) < 4.78 is 0. The fraction of sp³-hybridized carbons (Fsp3) is 0. The molecule has 0 aliphatic heterocycles. The Hall–Kier alpha value is -3.46. The number of allylic oxidation sites excluding steroid dienone is 1. The van der Waals surface area contributed by atoms with Gasteiger partial charge < -0.3 is 5.11 Å². The standard InChI is InChI=1S/C16H10N2O4/c17-10-14(13-2-1-3-15(9-13)18(21)22)8-11-4-6-12(7-5-11)16(19)20/h1-9H,(H,19,20)/b14-8-. The van der Waals surface area contributed by atoms with E-state index < -0.39 is 10.9 Å². The highest BCUT2D eigenvalue weighted by Crippen LogP contribution is 2.22. The number of benzene rings is 2. The summed E-state index contributed by atoms with van der Waals surface area (Å²) in [6.45, 7) is 0. The van der Waals surface area contributed by atoms with E-state index in [2.05, 4.69) is 0 Å². The van der Waals surface area contributed by atoms with Gasteiger partial charge in [0, 0.05) is 12.1 Å². The van der Waals surface area contributed by atoms with Crippen molar-refractivity contribution < 1.29 is 14.8 Å². The van der Waals surface area contributed by atoms with Gasteiger partial charge in [-0.2, -0.15) is 5.26 Å². The normalized spacial score (nSPS) is 10.8. The molecule has 108 valence electrons. The minimum atomic E-state index is -1.03. The van der Waals surface area contributed by atoms with Crippen molar-refractivity contribution >= 4 is 23.3 Å². The second-order valence-corrected chi connectivity index (χ2v) is 4.40. The summed E-state index contributed by atoms with van der Waals surface area (Å²) in [5.41, 5.74) is 1.37. The molecule has 0 aliphatic carbocycles. The molecule has 0 radical (unpaired) electrons. The number of nitro benzene ring substituents is 1. The highest BCUT2D eigenvalue weighted by atomic mass is 16.6. The van der Waals surface area contributed by atoms with E-state index in [0.29, 0.717) is 11.1 Å². The van der Waals surface area contributed by atoms with Crippen molar-refractivity contribution in [3.63, 3.8) is 0 Å². The van der Waals surface area contributed by atoms with Crippen molar-refractivity contribution in [2.24, 2.45) is 0 Å². The lowest BCUT2D eigenvalue weighted by Crippen LogP contribution is -1.95. The van der Waals surface area contributed by atoms with Crippen molar-refractivity contribution in [2.45, 2.75) is 0 Å². The van der Waals surface area contributed by atoms with E-state index in [1.54, 1.807) is 24.3 Å². The maximum atomic E-state index is 10.8. The number of rotatable bonds is 4. The number of carbonyl (C=O) groups is 1. The Morgan fingerprint density at radius 2 is 1.86 bits per heavy atom. The predicted octanol–water partition coefficient (Wildman–Crippen LogP) is 3.36. The number of non-ortho nitro benzene ring substituents is 1. The summed E-state index contributed by atoms with van der Waals surface area (Å²) in [7, 11) is 0. The third-order valence-electron chi connectivity index (χ3n) is 2.96. The van der Waals surface area contributed by atoms with E-state index in [1.807, 2.05) is 6.07 Å². The first-order valence-electron chi connectivity index (χ1n) is 6.21. The van der Waals surface area contributed by atoms with Gasteiger partial charge in [0.25, 0.3) is 5.69 Å². The first-order valence-corrected chi connectivity index (χ1v) is 6.21. The largest absolute Gasteiger partial charge is 0.478 e. The fourth-order valence-corrected chi connectivity index (χ4v) is 1.86. The molecule has 0 aliphatic rings. The van der Waals surface area contributed by atoms with Crippen molar-refractivity contribution in [1.29, 1.82) is 5.26 Å². The third kappa shape index (κ3) is 3.35. The second-order valence-electron chi connectivity index (χ2n) is 4.40. The molecule has 0 amide bonds. The number of nitrogens with zero attached hydrogens (tertiary/aromatic N) is 2. The maximum absolute atomic E-state index is 10.8. The van der Waals surface area contributed by atoms with E-state index >= 15 is 0 Å². The van der Waals surface area contributed by atoms with Crippen LogP contribution in [0.5, 0.6) is 0 Å². The van der Waals surface area contributed by atoms with Gasteiger partial charge in [0.1, 0.15) is 0 Å². The highest BCUT2D eigenvalue weighted by Gasteiger charge is 2.09. The minimum Gasteiger partial charge on any atom is -0.478 e. The smallest absolute Gasteiger partial charge is 0.335 e. The summed E-state index contributed by atoms with van der Waals surface area (Å²) >= 11 is 0. The summed E-state index contributed by atoms with van der Waals surface area (Å²) in [6, 6.07) is 13.8. The van der Waals surface area contributed by atoms with Crippen LogP contribution in [0.3, 0.4) is 0 Å². The molecule has 6 heteroatoms. The van der Waals surface area contributed by atoms with Gasteiger partial charge in [-0.1, -0.05) is 24.3 Å². The van der Waals surface area contributed by atoms with Crippen LogP contribution >= 0.6 is 0 Å². The van der Waals surface area contributed by atoms with Crippen molar-refractivity contribution in [3.8, 4) is 6.07 Å². The van der Waals surface area contributed by atoms with Crippen LogP contribution in [0.15, 0.2) is 48.5 Å². The van der Waals surface area contributed by atoms with Gasteiger partial charge in [0.2, 0.25) is 0 Å². The van der Waals surface area contributed by atoms with Gasteiger partial charge in [0.05, 0.1) is 22.1 Å². The van der Waals surface area contributed by atoms with Gasteiger partial charge in [-0.15, -0.1) is 0 Å². The van der Waals surface area contributed by atoms with Crippen molar-refractivity contribution in [3.05, 3.63) is 75.3 Å². The molecule has 0 aromatic heterocycles. The predicted molar refractivity (Wildman–Crippen MR) is 80.0 cm³/mol. The van der Waals surface area contributed by atoms with Crippen LogP contribution in [0.25, 0.3) is 11.6 Å². The molecule has 0 saturated carbocycles. The zero-order valence-electron chi connectivity index (χ0n) is 11.3. The fourth-order valence-electron chi connectivity index (χ4n) is 1.86. The van der Waals surface area contributed by atoms with E-state index in [4.69, 9.17) is 5.11 Å². The molecule has 6 nitrogen and oxygen atoms in total. The molecule has 0 atom stereocenters. The summed E-state index contributed by atoms with van der Waals surface area (Å²) in [4.78, 5) is 21.0. The minimum absolute atomic E-state index is 0.0973. The quantitative estimate of drug-likeness (QED) is 0.403. The molecule has 2 rings (SSSR count). The number of carboxylic acids is 1. The Labute approximate surface area is 125 Å². The Morgan fingerprint density at radius 3 is 2.41 bits per heavy atom. The SMILES string of the molecule is N#C/C(=C/c1ccc(C(=O)O)cc1)c1cccc([N+](=O)[O-])c1. The first kappa shape index (κ1) is 14.9. The highest BCUT2D eigenvalue weighted by molar-refractivity contribution is 5.91. The van der Waals surface area contributed by atoms with Crippen molar-refractivity contribution in [2.75, 3.05) is 0 Å². The molecule has 0 spiro atoms. The van der Waals surface area contributed by atoms with Crippen LogP contribution in [0.1, 0.15) is 21.5 Å². The Bertz CT molecular complexity index is 802. The van der Waals surface area contributed by atoms with Crippen molar-refractivity contribution in [1.82, 2.24) is 0 Å². The molecular weight excluding hydrogens is 284 g/mol. The molecule has 2 aromatic carbocycles.